The van der Waals surface area contributed by atoms with Crippen LogP contribution in [0.3, 0.4) is 0 Å². The van der Waals surface area contributed by atoms with Gasteiger partial charge in [0.1, 0.15) is 48.8 Å². The average Bonchev–Trinajstić information content (AvgIpc) is 3.21. The molecule has 0 spiro atoms. The van der Waals surface area contributed by atoms with Gasteiger partial charge in [-0.15, -0.1) is 0 Å². The lowest BCUT2D eigenvalue weighted by Gasteiger charge is -2.46. The Balaban J connectivity index is 1.92. The van der Waals surface area contributed by atoms with Crippen molar-refractivity contribution in [2.45, 2.75) is 222 Å². The molecule has 0 aromatic carbocycles. The van der Waals surface area contributed by atoms with E-state index in [1.54, 1.807) is 6.08 Å². The molecule has 0 aromatic rings. The summed E-state index contributed by atoms with van der Waals surface area (Å²) in [5.41, 5.74) is 0. The van der Waals surface area contributed by atoms with Crippen LogP contribution in [0.25, 0.3) is 0 Å². The Kier molecular flexibility index (Phi) is 28.4. The van der Waals surface area contributed by atoms with Crippen LogP contribution < -0.4 is 5.32 Å². The van der Waals surface area contributed by atoms with E-state index in [1.807, 2.05) is 6.08 Å². The van der Waals surface area contributed by atoms with Gasteiger partial charge in [-0.05, 0) is 32.1 Å². The van der Waals surface area contributed by atoms with Crippen molar-refractivity contribution >= 4 is 5.91 Å². The predicted octanol–water partition coefficient (Wildman–Crippen LogP) is 3.82. The number of ether oxygens (including phenoxy) is 4. The molecule has 2 aliphatic rings. The van der Waals surface area contributed by atoms with Crippen LogP contribution in [0.5, 0.6) is 0 Å². The van der Waals surface area contributed by atoms with Gasteiger partial charge in [-0.3, -0.25) is 4.79 Å². The molecule has 57 heavy (non-hydrogen) atoms. The van der Waals surface area contributed by atoms with Crippen molar-refractivity contribution in [1.29, 1.82) is 0 Å². The molecule has 14 heteroatoms. The van der Waals surface area contributed by atoms with Gasteiger partial charge in [0, 0.05) is 6.42 Å². The SMILES string of the molecule is CCCCCC/C=C/CC/C=C/C(O)C(COC1OC(CO)C(OC2OC(CO)C(O)C(O)C2O)C(O)C1O)NC(=O)CCCCCCCCCCCCCCC. The van der Waals surface area contributed by atoms with Crippen LogP contribution in [0.2, 0.25) is 0 Å². The minimum absolute atomic E-state index is 0.253. The van der Waals surface area contributed by atoms with E-state index in [-0.39, 0.29) is 18.9 Å². The molecule has 2 aliphatic heterocycles. The zero-order valence-corrected chi connectivity index (χ0v) is 34.8. The van der Waals surface area contributed by atoms with Gasteiger partial charge in [0.2, 0.25) is 5.91 Å². The molecule has 9 N–H and O–H groups in total. The number of aliphatic hydroxyl groups is 8. The minimum atomic E-state index is -1.79. The predicted molar refractivity (Wildman–Crippen MR) is 217 cm³/mol. The van der Waals surface area contributed by atoms with Gasteiger partial charge in [0.25, 0.3) is 0 Å². The number of amides is 1. The quantitative estimate of drug-likeness (QED) is 0.0348. The molecular weight excluding hydrogens is 738 g/mol. The van der Waals surface area contributed by atoms with Gasteiger partial charge in [-0.2, -0.15) is 0 Å². The van der Waals surface area contributed by atoms with Crippen molar-refractivity contribution < 1.29 is 64.6 Å². The highest BCUT2D eigenvalue weighted by Gasteiger charge is 2.50. The molecule has 12 unspecified atom stereocenters. The van der Waals surface area contributed by atoms with E-state index >= 15 is 0 Å². The summed E-state index contributed by atoms with van der Waals surface area (Å²) >= 11 is 0. The Morgan fingerprint density at radius 3 is 1.72 bits per heavy atom. The van der Waals surface area contributed by atoms with Crippen molar-refractivity contribution in [3.8, 4) is 0 Å². The number of allylic oxidation sites excluding steroid dienone is 3. The fourth-order valence-electron chi connectivity index (χ4n) is 7.19. The van der Waals surface area contributed by atoms with Crippen LogP contribution in [0, 0.1) is 0 Å². The van der Waals surface area contributed by atoms with E-state index in [1.165, 1.54) is 83.5 Å². The molecule has 0 aromatic heterocycles. The first-order valence-corrected chi connectivity index (χ1v) is 22.1. The lowest BCUT2D eigenvalue weighted by atomic mass is 9.97. The van der Waals surface area contributed by atoms with Gasteiger partial charge >= 0.3 is 0 Å². The second kappa shape index (κ2) is 31.4. The van der Waals surface area contributed by atoms with Gasteiger partial charge < -0.3 is 65.1 Å². The van der Waals surface area contributed by atoms with E-state index in [2.05, 4.69) is 31.3 Å². The van der Waals surface area contributed by atoms with Gasteiger partial charge in [0.15, 0.2) is 12.6 Å². The van der Waals surface area contributed by atoms with Crippen LogP contribution in [-0.4, -0.2) is 140 Å². The second-order valence-electron chi connectivity index (χ2n) is 15.8. The van der Waals surface area contributed by atoms with Gasteiger partial charge in [0.05, 0.1) is 32.0 Å². The molecule has 1 amide bonds. The molecule has 0 bridgehead atoms. The van der Waals surface area contributed by atoms with E-state index < -0.39 is 86.8 Å². The summed E-state index contributed by atoms with van der Waals surface area (Å²) in [4.78, 5) is 13.1. The van der Waals surface area contributed by atoms with Crippen LogP contribution in [0.15, 0.2) is 24.3 Å². The lowest BCUT2D eigenvalue weighted by molar-refractivity contribution is -0.359. The summed E-state index contributed by atoms with van der Waals surface area (Å²) in [7, 11) is 0. The topological polar surface area (TPSA) is 228 Å². The Morgan fingerprint density at radius 1 is 0.614 bits per heavy atom. The van der Waals surface area contributed by atoms with Crippen molar-refractivity contribution in [3.05, 3.63) is 24.3 Å². The van der Waals surface area contributed by atoms with Crippen LogP contribution >= 0.6 is 0 Å². The van der Waals surface area contributed by atoms with Crippen molar-refractivity contribution in [2.75, 3.05) is 19.8 Å². The van der Waals surface area contributed by atoms with Crippen molar-refractivity contribution in [1.82, 2.24) is 5.32 Å². The molecule has 2 saturated heterocycles. The van der Waals surface area contributed by atoms with Crippen molar-refractivity contribution in [3.63, 3.8) is 0 Å². The first-order chi connectivity index (χ1) is 27.6. The van der Waals surface area contributed by atoms with Crippen LogP contribution in [-0.2, 0) is 23.7 Å². The Hall–Kier alpha value is -1.53. The first kappa shape index (κ1) is 51.6. The molecule has 334 valence electrons. The first-order valence-electron chi connectivity index (χ1n) is 22.1. The third-order valence-electron chi connectivity index (χ3n) is 10.9. The number of hydrogen-bond donors (Lipinski definition) is 9. The Labute approximate surface area is 341 Å². The second-order valence-corrected chi connectivity index (χ2v) is 15.8. The molecule has 2 heterocycles. The average molecular weight is 818 g/mol. The number of carbonyl (C=O) groups excluding carboxylic acids is 1. The highest BCUT2D eigenvalue weighted by molar-refractivity contribution is 5.76. The maximum absolute atomic E-state index is 13.1. The number of hydrogen-bond acceptors (Lipinski definition) is 13. The minimum Gasteiger partial charge on any atom is -0.394 e. The largest absolute Gasteiger partial charge is 0.394 e. The molecule has 2 rings (SSSR count). The summed E-state index contributed by atoms with van der Waals surface area (Å²) in [5.74, 6) is -0.253. The summed E-state index contributed by atoms with van der Waals surface area (Å²) in [6.45, 7) is 2.69. The van der Waals surface area contributed by atoms with E-state index in [0.29, 0.717) is 12.8 Å². The van der Waals surface area contributed by atoms with Crippen molar-refractivity contribution in [2.24, 2.45) is 0 Å². The molecule has 0 radical (unpaired) electrons. The monoisotopic (exact) mass is 818 g/mol. The molecule has 12 atom stereocenters. The highest BCUT2D eigenvalue weighted by atomic mass is 16.7. The standard InChI is InChI=1S/C43H79NO13/c1-3-5-7-9-11-13-15-16-17-19-21-23-25-27-35(48)44-31(32(47)26-24-22-20-18-14-12-10-8-6-4-2)30-54-42-40(53)38(51)41(34(29-46)56-42)57-43-39(52)37(50)36(49)33(28-45)55-43/h14,18,24,26,31-34,36-43,45-47,49-53H,3-13,15-17,19-23,25,27-30H2,1-2H3,(H,44,48)/b18-14+,26-24+. The summed E-state index contributed by atoms with van der Waals surface area (Å²) in [5, 5.41) is 86.2. The van der Waals surface area contributed by atoms with Crippen LogP contribution in [0.1, 0.15) is 149 Å². The zero-order valence-electron chi connectivity index (χ0n) is 34.8. The normalized spacial score (nSPS) is 29.3. The summed E-state index contributed by atoms with van der Waals surface area (Å²) < 4.78 is 22.6. The molecule has 2 fully saturated rings. The highest BCUT2D eigenvalue weighted by Crippen LogP contribution is 2.30. The number of nitrogens with one attached hydrogen (secondary N) is 1. The van der Waals surface area contributed by atoms with E-state index in [9.17, 15) is 45.6 Å². The Bertz CT molecular complexity index is 1060. The number of rotatable bonds is 32. The van der Waals surface area contributed by atoms with Crippen LogP contribution in [0.4, 0.5) is 0 Å². The van der Waals surface area contributed by atoms with E-state index in [4.69, 9.17) is 18.9 Å². The smallest absolute Gasteiger partial charge is 0.220 e. The van der Waals surface area contributed by atoms with Gasteiger partial charge in [-0.1, -0.05) is 134 Å². The summed E-state index contributed by atoms with van der Waals surface area (Å²) in [6, 6.07) is -0.923. The Morgan fingerprint density at radius 2 is 1.12 bits per heavy atom. The fourth-order valence-corrected chi connectivity index (χ4v) is 7.19. The third kappa shape index (κ3) is 20.1. The van der Waals surface area contributed by atoms with Gasteiger partial charge in [-0.25, -0.2) is 0 Å². The summed E-state index contributed by atoms with van der Waals surface area (Å²) in [6.07, 6.45) is 13.8. The fraction of sp³-hybridized carbons (Fsp3) is 0.884. The molecule has 14 nitrogen and oxygen atoms in total. The lowest BCUT2D eigenvalue weighted by Crippen LogP contribution is -2.65. The zero-order chi connectivity index (χ0) is 41.8. The molecule has 0 aliphatic carbocycles. The number of aliphatic hydroxyl groups excluding tert-OH is 8. The maximum Gasteiger partial charge on any atom is 0.220 e. The number of carbonyl (C=O) groups is 1. The molecular formula is C43H79NO13. The molecule has 0 saturated carbocycles. The number of unbranched alkanes of at least 4 members (excludes halogenated alkanes) is 17. The van der Waals surface area contributed by atoms with E-state index in [0.717, 1.165) is 32.1 Å². The third-order valence-corrected chi connectivity index (χ3v) is 10.9. The maximum atomic E-state index is 13.1.